The van der Waals surface area contributed by atoms with Gasteiger partial charge in [0.2, 0.25) is 0 Å². The number of hydrogen-bond donors (Lipinski definition) is 1. The van der Waals surface area contributed by atoms with Crippen molar-refractivity contribution >= 4 is 11.8 Å². The molecule has 0 aliphatic heterocycles. The SMILES string of the molecule is OC(CSc1ccc(F)cc1)Cc1cccc(F)c1. The Morgan fingerprint density at radius 1 is 1.00 bits per heavy atom. The highest BCUT2D eigenvalue weighted by atomic mass is 32.2. The molecule has 0 saturated carbocycles. The van der Waals surface area contributed by atoms with E-state index in [2.05, 4.69) is 0 Å². The van der Waals surface area contributed by atoms with Crippen molar-refractivity contribution in [2.24, 2.45) is 0 Å². The molecule has 0 aliphatic rings. The molecule has 100 valence electrons. The lowest BCUT2D eigenvalue weighted by molar-refractivity contribution is 0.200. The number of benzene rings is 2. The molecule has 0 fully saturated rings. The minimum absolute atomic E-state index is 0.273. The highest BCUT2D eigenvalue weighted by Crippen LogP contribution is 2.20. The summed E-state index contributed by atoms with van der Waals surface area (Å²) in [7, 11) is 0. The third-order valence-electron chi connectivity index (χ3n) is 2.62. The van der Waals surface area contributed by atoms with E-state index in [0.717, 1.165) is 10.5 Å². The third-order valence-corrected chi connectivity index (χ3v) is 3.77. The molecule has 0 spiro atoms. The highest BCUT2D eigenvalue weighted by Gasteiger charge is 2.07. The van der Waals surface area contributed by atoms with Crippen LogP contribution in [0.15, 0.2) is 53.4 Å². The van der Waals surface area contributed by atoms with Gasteiger partial charge in [0.05, 0.1) is 6.10 Å². The summed E-state index contributed by atoms with van der Waals surface area (Å²) in [5.74, 6) is -0.0807. The first-order valence-electron chi connectivity index (χ1n) is 5.94. The van der Waals surface area contributed by atoms with Gasteiger partial charge in [-0.2, -0.15) is 0 Å². The topological polar surface area (TPSA) is 20.2 Å². The Morgan fingerprint density at radius 3 is 2.42 bits per heavy atom. The van der Waals surface area contributed by atoms with E-state index in [4.69, 9.17) is 0 Å². The van der Waals surface area contributed by atoms with Gasteiger partial charge in [-0.3, -0.25) is 0 Å². The van der Waals surface area contributed by atoms with Gasteiger partial charge in [0.25, 0.3) is 0 Å². The maximum absolute atomic E-state index is 13.0. The fourth-order valence-corrected chi connectivity index (χ4v) is 2.55. The van der Waals surface area contributed by atoms with Crippen LogP contribution in [0.5, 0.6) is 0 Å². The van der Waals surface area contributed by atoms with Crippen molar-refractivity contribution in [3.05, 3.63) is 65.7 Å². The monoisotopic (exact) mass is 280 g/mol. The van der Waals surface area contributed by atoms with Crippen LogP contribution in [0.2, 0.25) is 0 Å². The zero-order valence-electron chi connectivity index (χ0n) is 10.2. The largest absolute Gasteiger partial charge is 0.392 e. The normalized spacial score (nSPS) is 12.4. The second kappa shape index (κ2) is 6.68. The summed E-state index contributed by atoms with van der Waals surface area (Å²) in [6, 6.07) is 12.3. The van der Waals surface area contributed by atoms with Crippen LogP contribution >= 0.6 is 11.8 Å². The van der Waals surface area contributed by atoms with Crippen LogP contribution in [0.25, 0.3) is 0 Å². The van der Waals surface area contributed by atoms with E-state index in [-0.39, 0.29) is 11.6 Å². The Morgan fingerprint density at radius 2 is 1.74 bits per heavy atom. The van der Waals surface area contributed by atoms with Gasteiger partial charge in [-0.05, 0) is 48.4 Å². The average molecular weight is 280 g/mol. The first-order valence-corrected chi connectivity index (χ1v) is 6.93. The van der Waals surface area contributed by atoms with Crippen LogP contribution < -0.4 is 0 Å². The molecular formula is C15H14F2OS. The molecule has 2 rings (SSSR count). The molecule has 0 radical (unpaired) electrons. The molecule has 0 aliphatic carbocycles. The molecule has 0 bridgehead atoms. The van der Waals surface area contributed by atoms with Crippen molar-refractivity contribution in [3.63, 3.8) is 0 Å². The van der Waals surface area contributed by atoms with E-state index in [0.29, 0.717) is 12.2 Å². The standard InChI is InChI=1S/C15H14F2OS/c16-12-4-6-15(7-5-12)19-10-14(18)9-11-2-1-3-13(17)8-11/h1-8,14,18H,9-10H2. The number of aliphatic hydroxyl groups is 1. The van der Waals surface area contributed by atoms with Gasteiger partial charge in [0.1, 0.15) is 11.6 Å². The quantitative estimate of drug-likeness (QED) is 0.843. The van der Waals surface area contributed by atoms with E-state index in [9.17, 15) is 13.9 Å². The van der Waals surface area contributed by atoms with Crippen molar-refractivity contribution in [3.8, 4) is 0 Å². The Balaban J connectivity index is 1.84. The molecule has 1 unspecified atom stereocenters. The van der Waals surface area contributed by atoms with E-state index >= 15 is 0 Å². The summed E-state index contributed by atoms with van der Waals surface area (Å²) in [5, 5.41) is 9.89. The van der Waals surface area contributed by atoms with Crippen molar-refractivity contribution in [1.29, 1.82) is 0 Å². The molecular weight excluding hydrogens is 266 g/mol. The molecule has 4 heteroatoms. The minimum atomic E-state index is -0.558. The highest BCUT2D eigenvalue weighted by molar-refractivity contribution is 7.99. The van der Waals surface area contributed by atoms with Crippen LogP contribution in [0.4, 0.5) is 8.78 Å². The molecule has 19 heavy (non-hydrogen) atoms. The summed E-state index contributed by atoms with van der Waals surface area (Å²) in [4.78, 5) is 0.902. The predicted octanol–water partition coefficient (Wildman–Crippen LogP) is 3.66. The Bertz CT molecular complexity index is 528. The zero-order valence-corrected chi connectivity index (χ0v) is 11.0. The lowest BCUT2D eigenvalue weighted by Gasteiger charge is -2.10. The molecule has 2 aromatic carbocycles. The smallest absolute Gasteiger partial charge is 0.123 e. The summed E-state index contributed by atoms with van der Waals surface area (Å²) in [6.45, 7) is 0. The van der Waals surface area contributed by atoms with Gasteiger partial charge in [-0.1, -0.05) is 12.1 Å². The maximum Gasteiger partial charge on any atom is 0.123 e. The van der Waals surface area contributed by atoms with Crippen molar-refractivity contribution in [2.45, 2.75) is 17.4 Å². The second-order valence-electron chi connectivity index (χ2n) is 4.25. The number of halogens is 2. The van der Waals surface area contributed by atoms with Gasteiger partial charge < -0.3 is 5.11 Å². The maximum atomic E-state index is 13.0. The van der Waals surface area contributed by atoms with Crippen LogP contribution in [0.1, 0.15) is 5.56 Å². The van der Waals surface area contributed by atoms with Gasteiger partial charge in [0.15, 0.2) is 0 Å². The van der Waals surface area contributed by atoms with Crippen molar-refractivity contribution in [2.75, 3.05) is 5.75 Å². The lowest BCUT2D eigenvalue weighted by atomic mass is 10.1. The molecule has 2 aromatic rings. The second-order valence-corrected chi connectivity index (χ2v) is 5.35. The number of thioether (sulfide) groups is 1. The van der Waals surface area contributed by atoms with E-state index in [1.807, 2.05) is 0 Å². The molecule has 0 saturated heterocycles. The van der Waals surface area contributed by atoms with Gasteiger partial charge in [-0.15, -0.1) is 11.8 Å². The van der Waals surface area contributed by atoms with Crippen LogP contribution in [0.3, 0.4) is 0 Å². The van der Waals surface area contributed by atoms with Gasteiger partial charge >= 0.3 is 0 Å². The predicted molar refractivity (Wildman–Crippen MR) is 73.2 cm³/mol. The summed E-state index contributed by atoms with van der Waals surface area (Å²) < 4.78 is 25.7. The Labute approximate surface area is 115 Å². The molecule has 1 N–H and O–H groups in total. The number of hydrogen-bond acceptors (Lipinski definition) is 2. The van der Waals surface area contributed by atoms with Gasteiger partial charge in [-0.25, -0.2) is 8.78 Å². The summed E-state index contributed by atoms with van der Waals surface area (Å²) in [6.07, 6.45) is -0.150. The van der Waals surface area contributed by atoms with Crippen LogP contribution in [-0.4, -0.2) is 17.0 Å². The fraction of sp³-hybridized carbons (Fsp3) is 0.200. The molecule has 0 aromatic heterocycles. The van der Waals surface area contributed by atoms with E-state index in [1.54, 1.807) is 24.3 Å². The first kappa shape index (κ1) is 14.0. The summed E-state index contributed by atoms with van der Waals surface area (Å²) in [5.41, 5.74) is 0.771. The first-order chi connectivity index (χ1) is 9.13. The van der Waals surface area contributed by atoms with Crippen molar-refractivity contribution < 1.29 is 13.9 Å². The lowest BCUT2D eigenvalue weighted by Crippen LogP contribution is -2.13. The zero-order chi connectivity index (χ0) is 13.7. The molecule has 0 heterocycles. The average Bonchev–Trinajstić information content (AvgIpc) is 2.38. The minimum Gasteiger partial charge on any atom is -0.392 e. The molecule has 1 nitrogen and oxygen atoms in total. The molecule has 0 amide bonds. The van der Waals surface area contributed by atoms with Crippen LogP contribution in [0, 0.1) is 11.6 Å². The van der Waals surface area contributed by atoms with Crippen LogP contribution in [-0.2, 0) is 6.42 Å². The number of rotatable bonds is 5. The van der Waals surface area contributed by atoms with Gasteiger partial charge in [0, 0.05) is 10.6 Å². The number of aliphatic hydroxyl groups excluding tert-OH is 1. The van der Waals surface area contributed by atoms with E-state index in [1.165, 1.54) is 36.0 Å². The Kier molecular flexibility index (Phi) is 4.93. The fourth-order valence-electron chi connectivity index (χ4n) is 1.72. The Hall–Kier alpha value is -1.39. The van der Waals surface area contributed by atoms with Crippen molar-refractivity contribution in [1.82, 2.24) is 0 Å². The molecule has 1 atom stereocenters. The van der Waals surface area contributed by atoms with E-state index < -0.39 is 6.10 Å². The summed E-state index contributed by atoms with van der Waals surface area (Å²) >= 11 is 1.45. The third kappa shape index (κ3) is 4.65.